The van der Waals surface area contributed by atoms with Crippen molar-refractivity contribution in [2.45, 2.75) is 84.9 Å². The van der Waals surface area contributed by atoms with E-state index >= 15 is 0 Å². The lowest BCUT2D eigenvalue weighted by Gasteiger charge is -2.22. The lowest BCUT2D eigenvalue weighted by atomic mass is 9.91. The number of imide groups is 1. The summed E-state index contributed by atoms with van der Waals surface area (Å²) in [7, 11) is 0. The normalized spacial score (nSPS) is 13.9. The van der Waals surface area contributed by atoms with Crippen molar-refractivity contribution in [2.24, 2.45) is 0 Å². The lowest BCUT2D eigenvalue weighted by molar-refractivity contribution is -0.275. The maximum absolute atomic E-state index is 13.5. The third kappa shape index (κ3) is 16.7. The van der Waals surface area contributed by atoms with Crippen LogP contribution >= 0.6 is 15.9 Å². The first-order chi connectivity index (χ1) is 35.3. The lowest BCUT2D eigenvalue weighted by Crippen LogP contribution is -2.40. The van der Waals surface area contributed by atoms with E-state index in [2.05, 4.69) is 42.3 Å². The quantitative estimate of drug-likeness (QED) is 0.0759. The highest BCUT2D eigenvalue weighted by atomic mass is 79.9. The van der Waals surface area contributed by atoms with Crippen LogP contribution in [-0.2, 0) is 34.0 Å². The second-order valence-electron chi connectivity index (χ2n) is 16.6. The number of aliphatic carboxylic acids is 1. The smallest absolute Gasteiger partial charge is 0.489 e. The Morgan fingerprint density at radius 1 is 0.711 bits per heavy atom. The molecule has 402 valence electrons. The highest BCUT2D eigenvalue weighted by Gasteiger charge is 2.39. The molecule has 0 aliphatic carbocycles. The number of hydrogen-bond acceptors (Lipinski definition) is 12. The van der Waals surface area contributed by atoms with Crippen molar-refractivity contribution < 1.29 is 78.6 Å². The second kappa shape index (κ2) is 26.4. The Kier molecular flexibility index (Phi) is 20.4. The average Bonchev–Trinajstić information content (AvgIpc) is 4.17. The van der Waals surface area contributed by atoms with Crippen LogP contribution in [-0.4, -0.2) is 63.7 Å². The highest BCUT2D eigenvalue weighted by Crippen LogP contribution is 2.35. The molecule has 0 spiro atoms. The fraction of sp³-hybridized carbons (Fsp3) is 0.255. The summed E-state index contributed by atoms with van der Waals surface area (Å²) in [6.45, 7) is 5.61. The first-order valence-corrected chi connectivity index (χ1v) is 23.2. The summed E-state index contributed by atoms with van der Waals surface area (Å²) in [6, 6.07) is 34.7. The highest BCUT2D eigenvalue weighted by molar-refractivity contribution is 9.10. The molecule has 3 heterocycles. The SMILES string of the molecule is C.C.C=C(C)c1cc(COc2ccc([C@H](CC(=O)O)c3ccon3)cc2)ccc1OC(F)(F)F.O=C(C[C@@H](c1ccc(OCc2ccc(OC(F)(F)F)c(Br)c2)cc1)c1ccon1)N1C(=O)OC[C@@H]1Cc1ccccc1. The van der Waals surface area contributed by atoms with E-state index in [1.54, 1.807) is 67.6 Å². The van der Waals surface area contributed by atoms with Gasteiger partial charge >= 0.3 is 24.8 Å². The maximum atomic E-state index is 13.5. The van der Waals surface area contributed by atoms with Crippen LogP contribution in [0.3, 0.4) is 0 Å². The molecular formula is C55H52BrF6N3O11. The number of amides is 2. The van der Waals surface area contributed by atoms with Gasteiger partial charge in [-0.05, 0) is 111 Å². The van der Waals surface area contributed by atoms with Crippen molar-refractivity contribution in [2.75, 3.05) is 6.61 Å². The monoisotopic (exact) mass is 1120 g/mol. The number of carbonyl (C=O) groups is 3. The van der Waals surface area contributed by atoms with E-state index in [1.165, 1.54) is 53.8 Å². The molecule has 21 heteroatoms. The molecule has 0 bridgehead atoms. The number of carbonyl (C=O) groups excluding carboxylic acids is 2. The summed E-state index contributed by atoms with van der Waals surface area (Å²) in [4.78, 5) is 38.4. The van der Waals surface area contributed by atoms with Crippen molar-refractivity contribution in [3.05, 3.63) is 196 Å². The molecule has 1 aliphatic heterocycles. The zero-order valence-electron chi connectivity index (χ0n) is 39.0. The summed E-state index contributed by atoms with van der Waals surface area (Å²) < 4.78 is 110. The number of nitrogens with zero attached hydrogens (tertiary/aromatic N) is 3. The summed E-state index contributed by atoms with van der Waals surface area (Å²) in [5.74, 6) is -2.00. The van der Waals surface area contributed by atoms with Gasteiger partial charge in [0.05, 0.1) is 28.3 Å². The number of alkyl halides is 6. The minimum atomic E-state index is -4.80. The van der Waals surface area contributed by atoms with E-state index in [0.29, 0.717) is 46.0 Å². The van der Waals surface area contributed by atoms with Gasteiger partial charge in [-0.25, -0.2) is 9.69 Å². The van der Waals surface area contributed by atoms with E-state index < -0.39 is 48.6 Å². The number of ether oxygens (including phenoxy) is 5. The number of rotatable bonds is 19. The van der Waals surface area contributed by atoms with Crippen LogP contribution in [0.2, 0.25) is 0 Å². The van der Waals surface area contributed by atoms with Crippen molar-refractivity contribution in [3.8, 4) is 23.0 Å². The van der Waals surface area contributed by atoms with Gasteiger partial charge in [0, 0.05) is 36.0 Å². The molecule has 14 nitrogen and oxygen atoms in total. The van der Waals surface area contributed by atoms with Gasteiger partial charge in [0.1, 0.15) is 55.3 Å². The second-order valence-corrected chi connectivity index (χ2v) is 17.5. The van der Waals surface area contributed by atoms with E-state index in [0.717, 1.165) is 16.7 Å². The minimum absolute atomic E-state index is 0. The Morgan fingerprint density at radius 3 is 1.68 bits per heavy atom. The summed E-state index contributed by atoms with van der Waals surface area (Å²) >= 11 is 3.08. The number of carboxylic acid groups (broad SMARTS) is 1. The number of carboxylic acids is 1. The van der Waals surface area contributed by atoms with E-state index in [9.17, 15) is 45.8 Å². The molecule has 1 aliphatic rings. The largest absolute Gasteiger partial charge is 0.573 e. The number of hydrogen-bond donors (Lipinski definition) is 1. The van der Waals surface area contributed by atoms with Crippen LogP contribution in [0.4, 0.5) is 31.1 Å². The molecule has 2 aromatic heterocycles. The Balaban J connectivity index is 0.000000283. The molecule has 5 aromatic carbocycles. The van der Waals surface area contributed by atoms with Crippen LogP contribution in [0, 0.1) is 0 Å². The van der Waals surface area contributed by atoms with Gasteiger partial charge in [0.25, 0.3) is 0 Å². The van der Waals surface area contributed by atoms with Crippen LogP contribution < -0.4 is 18.9 Å². The molecule has 8 rings (SSSR count). The number of halogens is 7. The first kappa shape index (κ1) is 58.8. The molecule has 2 amide bonds. The van der Waals surface area contributed by atoms with Crippen molar-refractivity contribution >= 4 is 39.5 Å². The predicted molar refractivity (Wildman–Crippen MR) is 269 cm³/mol. The molecule has 7 aromatic rings. The topological polar surface area (TPSA) is 173 Å². The molecule has 1 saturated heterocycles. The first-order valence-electron chi connectivity index (χ1n) is 22.4. The zero-order chi connectivity index (χ0) is 53.0. The molecule has 0 radical (unpaired) electrons. The number of allylic oxidation sites excluding steroid dienone is 1. The molecule has 0 saturated carbocycles. The van der Waals surface area contributed by atoms with Crippen LogP contribution in [0.1, 0.15) is 91.2 Å². The van der Waals surface area contributed by atoms with Gasteiger partial charge in [-0.3, -0.25) is 9.59 Å². The maximum Gasteiger partial charge on any atom is 0.573 e. The van der Waals surface area contributed by atoms with Gasteiger partial charge in [-0.2, -0.15) is 0 Å². The van der Waals surface area contributed by atoms with Crippen molar-refractivity contribution in [1.29, 1.82) is 0 Å². The Labute approximate surface area is 441 Å². The Hall–Kier alpha value is -8.07. The summed E-state index contributed by atoms with van der Waals surface area (Å²) in [5, 5.41) is 17.1. The van der Waals surface area contributed by atoms with Crippen LogP contribution in [0.15, 0.2) is 160 Å². The fourth-order valence-electron chi connectivity index (χ4n) is 7.82. The standard InChI is InChI=1S/C30H24BrF3N2O6.C23H20F3NO5.2CH4/c31-25-15-20(6-11-27(25)42-30(32,33)34)17-39-23-9-7-21(8-10-23)24(26-12-13-41-35-26)16-28(37)36-22(18-40-29(36)38)14-19-4-2-1-3-5-19;1-14(2)18-11-15(3-8-21(18)32-23(24,25)26)13-30-17-6-4-16(5-7-17)19(12-22(28)29)20-9-10-31-27-20;;/h1-13,15,22,24H,14,16-18H2;3-11,19H,1,12-13H2,2H3,(H,28,29);2*1H4/t22-,24-;19-;;/m00../s1. The molecule has 3 atom stereocenters. The molecule has 1 N–H and O–H groups in total. The van der Waals surface area contributed by atoms with Crippen molar-refractivity contribution in [1.82, 2.24) is 15.2 Å². The molecule has 1 fully saturated rings. The number of aromatic nitrogens is 2. The third-order valence-corrected chi connectivity index (χ3v) is 11.9. The van der Waals surface area contributed by atoms with Crippen LogP contribution in [0.25, 0.3) is 5.57 Å². The third-order valence-electron chi connectivity index (χ3n) is 11.3. The Bertz CT molecular complexity index is 2990. The number of cyclic esters (lactones) is 1. The van der Waals surface area contributed by atoms with E-state index in [4.69, 9.17) is 23.3 Å². The fourth-order valence-corrected chi connectivity index (χ4v) is 8.33. The van der Waals surface area contributed by atoms with Gasteiger partial charge in [0.15, 0.2) is 0 Å². The average molecular weight is 1120 g/mol. The van der Waals surface area contributed by atoms with Crippen LogP contribution in [0.5, 0.6) is 23.0 Å². The molecule has 76 heavy (non-hydrogen) atoms. The zero-order valence-corrected chi connectivity index (χ0v) is 40.6. The van der Waals surface area contributed by atoms with Gasteiger partial charge in [-0.1, -0.05) is 98.5 Å². The number of benzene rings is 5. The van der Waals surface area contributed by atoms with Gasteiger partial charge < -0.3 is 37.8 Å². The molecular weight excluding hydrogens is 1070 g/mol. The summed E-state index contributed by atoms with van der Waals surface area (Å²) in [5.41, 5.74) is 5.41. The molecule has 0 unspecified atom stereocenters. The predicted octanol–water partition coefficient (Wildman–Crippen LogP) is 14.1. The Morgan fingerprint density at radius 2 is 1.21 bits per heavy atom. The van der Waals surface area contributed by atoms with E-state index in [-0.39, 0.29) is 69.1 Å². The van der Waals surface area contributed by atoms with Gasteiger partial charge in [0.2, 0.25) is 5.91 Å². The van der Waals surface area contributed by atoms with E-state index in [1.807, 2.05) is 30.3 Å². The minimum Gasteiger partial charge on any atom is -0.489 e. The van der Waals surface area contributed by atoms with Gasteiger partial charge in [-0.15, -0.1) is 26.3 Å². The van der Waals surface area contributed by atoms with Crippen molar-refractivity contribution in [3.63, 3.8) is 0 Å². The summed E-state index contributed by atoms with van der Waals surface area (Å²) in [6.07, 6.45) is -7.19.